The number of rotatable bonds is 1. The molecule has 0 heterocycles. The first-order valence-electron chi connectivity index (χ1n) is 3.34. The Morgan fingerprint density at radius 3 is 2.64 bits per heavy atom. The lowest BCUT2D eigenvalue weighted by Gasteiger charge is -2.14. The van der Waals surface area contributed by atoms with E-state index >= 15 is 0 Å². The third-order valence-electron chi connectivity index (χ3n) is 1.58. The molecule has 1 aliphatic rings. The summed E-state index contributed by atoms with van der Waals surface area (Å²) in [6, 6.07) is -0.352. The van der Waals surface area contributed by atoms with Gasteiger partial charge < -0.3 is 5.73 Å². The van der Waals surface area contributed by atoms with Gasteiger partial charge in [-0.15, -0.1) is 0 Å². The summed E-state index contributed by atoms with van der Waals surface area (Å²) in [6.07, 6.45) is 6.93. The monoisotopic (exact) mass is 173 g/mol. The van der Waals surface area contributed by atoms with Gasteiger partial charge in [0.2, 0.25) is 0 Å². The zero-order chi connectivity index (χ0) is 8.48. The average Bonchev–Trinajstić information content (AvgIpc) is 1.86. The van der Waals surface area contributed by atoms with Crippen molar-refractivity contribution in [3.63, 3.8) is 0 Å². The van der Waals surface area contributed by atoms with Crippen LogP contribution >= 0.6 is 0 Å². The van der Waals surface area contributed by atoms with Crippen molar-refractivity contribution < 1.29 is 8.42 Å². The van der Waals surface area contributed by atoms with Gasteiger partial charge in [-0.2, -0.15) is 0 Å². The topological polar surface area (TPSA) is 60.2 Å². The fraction of sp³-hybridized carbons (Fsp3) is 0.429. The van der Waals surface area contributed by atoms with Crippen LogP contribution in [0.1, 0.15) is 6.42 Å². The largest absolute Gasteiger partial charge is 0.323 e. The van der Waals surface area contributed by atoms with Gasteiger partial charge in [0.15, 0.2) is 9.84 Å². The number of hydrogen-bond donors (Lipinski definition) is 1. The highest BCUT2D eigenvalue weighted by Crippen LogP contribution is 2.15. The van der Waals surface area contributed by atoms with Crippen molar-refractivity contribution in [3.8, 4) is 0 Å². The number of hydrogen-bond acceptors (Lipinski definition) is 3. The van der Waals surface area contributed by atoms with Gasteiger partial charge >= 0.3 is 0 Å². The van der Waals surface area contributed by atoms with Crippen LogP contribution in [0.25, 0.3) is 0 Å². The summed E-state index contributed by atoms with van der Waals surface area (Å²) < 4.78 is 22.0. The smallest absolute Gasteiger partial charge is 0.173 e. The van der Waals surface area contributed by atoms with Gasteiger partial charge in [-0.1, -0.05) is 12.2 Å². The Kier molecular flexibility index (Phi) is 2.15. The Morgan fingerprint density at radius 2 is 2.27 bits per heavy atom. The van der Waals surface area contributed by atoms with Gasteiger partial charge in [0, 0.05) is 12.3 Å². The predicted octanol–water partition coefficient (Wildman–Crippen LogP) is 0.202. The van der Waals surface area contributed by atoms with Gasteiger partial charge in [-0.05, 0) is 12.5 Å². The zero-order valence-electron chi connectivity index (χ0n) is 6.32. The van der Waals surface area contributed by atoms with Crippen LogP contribution in [0.15, 0.2) is 23.1 Å². The summed E-state index contributed by atoms with van der Waals surface area (Å²) in [4.78, 5) is 0.333. The van der Waals surface area contributed by atoms with E-state index in [2.05, 4.69) is 0 Å². The third-order valence-corrected chi connectivity index (χ3v) is 2.88. The number of sulfone groups is 1. The van der Waals surface area contributed by atoms with Gasteiger partial charge in [0.1, 0.15) is 0 Å². The minimum Gasteiger partial charge on any atom is -0.323 e. The van der Waals surface area contributed by atoms with Crippen molar-refractivity contribution in [1.82, 2.24) is 0 Å². The summed E-state index contributed by atoms with van der Waals surface area (Å²) >= 11 is 0. The van der Waals surface area contributed by atoms with E-state index in [0.29, 0.717) is 11.3 Å². The highest BCUT2D eigenvalue weighted by atomic mass is 32.2. The minimum absolute atomic E-state index is 0.333. The summed E-state index contributed by atoms with van der Waals surface area (Å²) in [5.74, 6) is 0. The first-order valence-corrected chi connectivity index (χ1v) is 5.23. The normalized spacial score (nSPS) is 24.9. The summed E-state index contributed by atoms with van der Waals surface area (Å²) in [7, 11) is -3.09. The molecule has 0 bridgehead atoms. The van der Waals surface area contributed by atoms with E-state index in [1.54, 1.807) is 12.2 Å². The van der Waals surface area contributed by atoms with Crippen molar-refractivity contribution in [1.29, 1.82) is 0 Å². The highest BCUT2D eigenvalue weighted by Gasteiger charge is 2.19. The van der Waals surface area contributed by atoms with Crippen LogP contribution in [0.5, 0.6) is 0 Å². The van der Waals surface area contributed by atoms with Gasteiger partial charge in [0.05, 0.1) is 4.91 Å². The van der Waals surface area contributed by atoms with Crippen molar-refractivity contribution in [2.75, 3.05) is 6.26 Å². The molecule has 0 spiro atoms. The Balaban J connectivity index is 3.04. The molecule has 0 aromatic rings. The fourth-order valence-corrected chi connectivity index (χ4v) is 2.00. The van der Waals surface area contributed by atoms with Crippen LogP contribution < -0.4 is 5.73 Å². The van der Waals surface area contributed by atoms with E-state index in [0.717, 1.165) is 0 Å². The van der Waals surface area contributed by atoms with E-state index in [1.165, 1.54) is 6.26 Å². The predicted molar refractivity (Wildman–Crippen MR) is 44.7 cm³/mol. The Hall–Kier alpha value is -0.610. The van der Waals surface area contributed by atoms with E-state index < -0.39 is 9.84 Å². The second kappa shape index (κ2) is 2.79. The molecular weight excluding hydrogens is 162 g/mol. The molecule has 0 aromatic carbocycles. The maximum Gasteiger partial charge on any atom is 0.173 e. The maximum absolute atomic E-state index is 11.0. The molecular formula is C7H11NO2S. The van der Waals surface area contributed by atoms with Crippen LogP contribution in [-0.2, 0) is 9.84 Å². The van der Waals surface area contributed by atoms with Crippen molar-refractivity contribution in [3.05, 3.63) is 23.1 Å². The van der Waals surface area contributed by atoms with Gasteiger partial charge in [-0.3, -0.25) is 0 Å². The van der Waals surface area contributed by atoms with Crippen LogP contribution in [0.4, 0.5) is 0 Å². The quantitative estimate of drug-likeness (QED) is 0.616. The van der Waals surface area contributed by atoms with Crippen molar-refractivity contribution >= 4 is 9.84 Å². The van der Waals surface area contributed by atoms with Crippen LogP contribution in [0.2, 0.25) is 0 Å². The Morgan fingerprint density at radius 1 is 1.64 bits per heavy atom. The molecule has 4 heteroatoms. The molecule has 0 saturated heterocycles. The van der Waals surface area contributed by atoms with E-state index in [9.17, 15) is 8.42 Å². The Labute approximate surface area is 66.5 Å². The van der Waals surface area contributed by atoms with E-state index in [-0.39, 0.29) is 6.04 Å². The van der Waals surface area contributed by atoms with Gasteiger partial charge in [0.25, 0.3) is 0 Å². The molecule has 0 amide bonds. The highest BCUT2D eigenvalue weighted by molar-refractivity contribution is 7.94. The number of nitrogens with two attached hydrogens (primary N) is 1. The summed E-state index contributed by atoms with van der Waals surface area (Å²) in [6.45, 7) is 0. The fourth-order valence-electron chi connectivity index (χ4n) is 1.03. The lowest BCUT2D eigenvalue weighted by Crippen LogP contribution is -2.27. The molecule has 11 heavy (non-hydrogen) atoms. The second-order valence-corrected chi connectivity index (χ2v) is 4.63. The van der Waals surface area contributed by atoms with Crippen molar-refractivity contribution in [2.45, 2.75) is 12.5 Å². The van der Waals surface area contributed by atoms with E-state index in [1.807, 2.05) is 6.08 Å². The summed E-state index contributed by atoms with van der Waals surface area (Å²) in [5.41, 5.74) is 5.57. The molecule has 0 saturated carbocycles. The molecule has 0 aromatic heterocycles. The SMILES string of the molecule is CS(=O)(=O)C1=CC=CCC1N. The summed E-state index contributed by atoms with van der Waals surface area (Å²) in [5, 5.41) is 0. The first-order chi connectivity index (χ1) is 5.02. The molecule has 1 unspecified atom stereocenters. The molecule has 1 atom stereocenters. The minimum atomic E-state index is -3.09. The standard InChI is InChI=1S/C7H11NO2S/c1-11(9,10)7-5-3-2-4-6(7)8/h2-3,5-6H,4,8H2,1H3. The molecule has 2 N–H and O–H groups in total. The maximum atomic E-state index is 11.0. The third kappa shape index (κ3) is 1.91. The van der Waals surface area contributed by atoms with Crippen LogP contribution in [0.3, 0.4) is 0 Å². The van der Waals surface area contributed by atoms with Crippen molar-refractivity contribution in [2.24, 2.45) is 5.73 Å². The molecule has 3 nitrogen and oxygen atoms in total. The second-order valence-electron chi connectivity index (χ2n) is 2.61. The average molecular weight is 173 g/mol. The lowest BCUT2D eigenvalue weighted by molar-refractivity contribution is 0.602. The molecule has 0 aliphatic heterocycles. The molecule has 62 valence electrons. The zero-order valence-corrected chi connectivity index (χ0v) is 7.14. The molecule has 0 radical (unpaired) electrons. The molecule has 0 fully saturated rings. The lowest BCUT2D eigenvalue weighted by atomic mass is 10.1. The van der Waals surface area contributed by atoms with Gasteiger partial charge in [-0.25, -0.2) is 8.42 Å². The molecule has 1 aliphatic carbocycles. The van der Waals surface area contributed by atoms with Crippen LogP contribution in [-0.4, -0.2) is 20.7 Å². The first kappa shape index (κ1) is 8.49. The molecule has 1 rings (SSSR count). The number of allylic oxidation sites excluding steroid dienone is 2. The Bertz CT molecular complexity index is 300. The van der Waals surface area contributed by atoms with E-state index in [4.69, 9.17) is 5.73 Å². The van der Waals surface area contributed by atoms with Crippen LogP contribution in [0, 0.1) is 0 Å².